The molecule has 1 heterocycles. The van der Waals surface area contributed by atoms with Gasteiger partial charge in [0.15, 0.2) is 0 Å². The van der Waals surface area contributed by atoms with Gasteiger partial charge in [0, 0.05) is 17.0 Å². The molecule has 0 amide bonds. The van der Waals surface area contributed by atoms with E-state index in [9.17, 15) is 4.79 Å². The zero-order chi connectivity index (χ0) is 15.1. The van der Waals surface area contributed by atoms with Crippen LogP contribution in [0.2, 0.25) is 0 Å². The minimum atomic E-state index is -0.126. The van der Waals surface area contributed by atoms with E-state index in [4.69, 9.17) is 0 Å². The molecule has 1 aliphatic heterocycles. The van der Waals surface area contributed by atoms with Crippen LogP contribution in [0.4, 0.5) is 0 Å². The standard InChI is InChI=1S/C18H27NO/c1-5-9-17(10-6-2)13-16(15-20)14-18(19-17,11-7-3)12-8-4/h5-8,15-16,19H,1-4,9-14H2. The van der Waals surface area contributed by atoms with Gasteiger partial charge in [-0.05, 0) is 38.5 Å². The van der Waals surface area contributed by atoms with Gasteiger partial charge in [-0.3, -0.25) is 0 Å². The summed E-state index contributed by atoms with van der Waals surface area (Å²) >= 11 is 0. The first-order valence-corrected chi connectivity index (χ1v) is 7.27. The van der Waals surface area contributed by atoms with Gasteiger partial charge < -0.3 is 10.1 Å². The van der Waals surface area contributed by atoms with Gasteiger partial charge in [0.05, 0.1) is 0 Å². The Kier molecular flexibility index (Phi) is 6.15. The number of piperidine rings is 1. The number of rotatable bonds is 9. The molecule has 1 N–H and O–H groups in total. The Bertz CT molecular complexity index is 331. The Morgan fingerprint density at radius 1 is 0.850 bits per heavy atom. The highest BCUT2D eigenvalue weighted by Crippen LogP contribution is 2.40. The Labute approximate surface area is 123 Å². The summed E-state index contributed by atoms with van der Waals surface area (Å²) in [7, 11) is 0. The maximum Gasteiger partial charge on any atom is 0.123 e. The first kappa shape index (κ1) is 16.6. The maximum absolute atomic E-state index is 11.4. The SMILES string of the molecule is C=CCC1(CC=C)CC(C=O)CC(CC=C)(CC=C)N1. The van der Waals surface area contributed by atoms with Crippen molar-refractivity contribution in [3.8, 4) is 0 Å². The van der Waals surface area contributed by atoms with Crippen molar-refractivity contribution in [2.24, 2.45) is 5.92 Å². The predicted molar refractivity (Wildman–Crippen MR) is 86.6 cm³/mol. The largest absolute Gasteiger partial charge is 0.304 e. The van der Waals surface area contributed by atoms with Crippen LogP contribution in [0.5, 0.6) is 0 Å². The molecule has 1 aliphatic rings. The summed E-state index contributed by atoms with van der Waals surface area (Å²) in [6.07, 6.45) is 13.8. The van der Waals surface area contributed by atoms with Crippen molar-refractivity contribution in [2.75, 3.05) is 0 Å². The Hall–Kier alpha value is -1.41. The van der Waals surface area contributed by atoms with Crippen LogP contribution >= 0.6 is 0 Å². The number of hydrogen-bond acceptors (Lipinski definition) is 2. The van der Waals surface area contributed by atoms with Gasteiger partial charge >= 0.3 is 0 Å². The van der Waals surface area contributed by atoms with Gasteiger partial charge in [0.2, 0.25) is 0 Å². The minimum Gasteiger partial charge on any atom is -0.304 e. The molecule has 0 spiro atoms. The lowest BCUT2D eigenvalue weighted by Gasteiger charge is -2.51. The molecule has 0 bridgehead atoms. The van der Waals surface area contributed by atoms with Crippen LogP contribution in [-0.2, 0) is 4.79 Å². The van der Waals surface area contributed by atoms with E-state index in [1.54, 1.807) is 0 Å². The summed E-state index contributed by atoms with van der Waals surface area (Å²) in [6, 6.07) is 0. The first-order chi connectivity index (χ1) is 9.59. The molecule has 20 heavy (non-hydrogen) atoms. The summed E-state index contributed by atoms with van der Waals surface area (Å²) in [5.74, 6) is 0.0658. The Morgan fingerprint density at radius 3 is 1.45 bits per heavy atom. The van der Waals surface area contributed by atoms with E-state index in [2.05, 4.69) is 31.6 Å². The van der Waals surface area contributed by atoms with Crippen LogP contribution in [0.15, 0.2) is 50.6 Å². The van der Waals surface area contributed by atoms with Crippen molar-refractivity contribution in [1.82, 2.24) is 5.32 Å². The molecule has 110 valence electrons. The molecule has 2 nitrogen and oxygen atoms in total. The lowest BCUT2D eigenvalue weighted by molar-refractivity contribution is -0.114. The summed E-state index contributed by atoms with van der Waals surface area (Å²) in [5, 5.41) is 3.80. The van der Waals surface area contributed by atoms with Crippen LogP contribution in [0.1, 0.15) is 38.5 Å². The van der Waals surface area contributed by atoms with E-state index in [0.717, 1.165) is 44.8 Å². The van der Waals surface area contributed by atoms with Crippen molar-refractivity contribution < 1.29 is 4.79 Å². The van der Waals surface area contributed by atoms with Crippen molar-refractivity contribution in [1.29, 1.82) is 0 Å². The van der Waals surface area contributed by atoms with Crippen LogP contribution < -0.4 is 5.32 Å². The summed E-state index contributed by atoms with van der Waals surface area (Å²) in [4.78, 5) is 11.4. The third-order valence-electron chi connectivity index (χ3n) is 4.17. The quantitative estimate of drug-likeness (QED) is 0.509. The molecule has 1 rings (SSSR count). The molecule has 0 aromatic rings. The van der Waals surface area contributed by atoms with Crippen LogP contribution in [0, 0.1) is 5.92 Å². The highest BCUT2D eigenvalue weighted by molar-refractivity contribution is 5.54. The highest BCUT2D eigenvalue weighted by atomic mass is 16.1. The maximum atomic E-state index is 11.4. The molecule has 0 saturated carbocycles. The number of carbonyl (C=O) groups is 1. The average Bonchev–Trinajstić information content (AvgIpc) is 2.39. The molecule has 0 aromatic heterocycles. The lowest BCUT2D eigenvalue weighted by Crippen LogP contribution is -2.63. The van der Waals surface area contributed by atoms with Crippen LogP contribution in [0.25, 0.3) is 0 Å². The molecule has 0 aromatic carbocycles. The fourth-order valence-electron chi connectivity index (χ4n) is 3.65. The summed E-state index contributed by atoms with van der Waals surface area (Å²) < 4.78 is 0. The molecule has 0 atom stereocenters. The number of aldehydes is 1. The zero-order valence-corrected chi connectivity index (χ0v) is 12.4. The number of hydrogen-bond donors (Lipinski definition) is 1. The fourth-order valence-corrected chi connectivity index (χ4v) is 3.65. The van der Waals surface area contributed by atoms with Gasteiger partial charge in [0.1, 0.15) is 6.29 Å². The lowest BCUT2D eigenvalue weighted by atomic mass is 9.68. The monoisotopic (exact) mass is 273 g/mol. The fraction of sp³-hybridized carbons (Fsp3) is 0.500. The van der Waals surface area contributed by atoms with E-state index in [0.29, 0.717) is 0 Å². The van der Waals surface area contributed by atoms with Crippen molar-refractivity contribution in [3.63, 3.8) is 0 Å². The van der Waals surface area contributed by atoms with Gasteiger partial charge in [-0.25, -0.2) is 0 Å². The smallest absolute Gasteiger partial charge is 0.123 e. The summed E-state index contributed by atoms with van der Waals surface area (Å²) in [5.41, 5.74) is -0.251. The zero-order valence-electron chi connectivity index (χ0n) is 12.4. The third kappa shape index (κ3) is 3.80. The average molecular weight is 273 g/mol. The van der Waals surface area contributed by atoms with Crippen molar-refractivity contribution in [2.45, 2.75) is 49.6 Å². The topological polar surface area (TPSA) is 29.1 Å². The van der Waals surface area contributed by atoms with Crippen LogP contribution in [-0.4, -0.2) is 17.4 Å². The van der Waals surface area contributed by atoms with E-state index >= 15 is 0 Å². The number of nitrogens with one attached hydrogen (secondary N) is 1. The molecule has 2 heteroatoms. The second kappa shape index (κ2) is 7.39. The van der Waals surface area contributed by atoms with Gasteiger partial charge in [0.25, 0.3) is 0 Å². The molecular formula is C18H27NO. The Balaban J connectivity index is 3.14. The second-order valence-corrected chi connectivity index (χ2v) is 5.96. The van der Waals surface area contributed by atoms with Crippen molar-refractivity contribution >= 4 is 6.29 Å². The normalized spacial score (nSPS) is 20.8. The van der Waals surface area contributed by atoms with Crippen LogP contribution in [0.3, 0.4) is 0 Å². The molecule has 0 aliphatic carbocycles. The highest BCUT2D eigenvalue weighted by Gasteiger charge is 2.45. The molecule has 1 saturated heterocycles. The second-order valence-electron chi connectivity index (χ2n) is 5.96. The number of carbonyl (C=O) groups excluding carboxylic acids is 1. The Morgan fingerprint density at radius 2 is 1.20 bits per heavy atom. The van der Waals surface area contributed by atoms with Gasteiger partial charge in [-0.2, -0.15) is 0 Å². The molecule has 1 fully saturated rings. The third-order valence-corrected chi connectivity index (χ3v) is 4.17. The predicted octanol–water partition coefficient (Wildman–Crippen LogP) is 3.97. The van der Waals surface area contributed by atoms with E-state index < -0.39 is 0 Å². The van der Waals surface area contributed by atoms with Gasteiger partial charge in [-0.15, -0.1) is 26.3 Å². The van der Waals surface area contributed by atoms with E-state index in [1.807, 2.05) is 24.3 Å². The molecule has 0 unspecified atom stereocenters. The molecule has 0 radical (unpaired) electrons. The van der Waals surface area contributed by atoms with Gasteiger partial charge in [-0.1, -0.05) is 24.3 Å². The van der Waals surface area contributed by atoms with Crippen molar-refractivity contribution in [3.05, 3.63) is 50.6 Å². The summed E-state index contributed by atoms with van der Waals surface area (Å²) in [6.45, 7) is 15.5. The van der Waals surface area contributed by atoms with E-state index in [1.165, 1.54) is 0 Å². The first-order valence-electron chi connectivity index (χ1n) is 7.27. The van der Waals surface area contributed by atoms with E-state index in [-0.39, 0.29) is 17.0 Å². The molecular weight excluding hydrogens is 246 g/mol. The minimum absolute atomic E-state index is 0.0658.